The van der Waals surface area contributed by atoms with Crippen molar-refractivity contribution in [3.63, 3.8) is 0 Å². The van der Waals surface area contributed by atoms with E-state index in [0.29, 0.717) is 12.0 Å². The predicted octanol–water partition coefficient (Wildman–Crippen LogP) is 0.843. The van der Waals surface area contributed by atoms with Crippen molar-refractivity contribution in [2.45, 2.75) is 44.2 Å². The lowest BCUT2D eigenvalue weighted by atomic mass is 9.98. The van der Waals surface area contributed by atoms with Gasteiger partial charge in [-0.3, -0.25) is 4.79 Å². The van der Waals surface area contributed by atoms with Gasteiger partial charge in [0.05, 0.1) is 12.6 Å². The van der Waals surface area contributed by atoms with Crippen molar-refractivity contribution in [3.8, 4) is 6.07 Å². The van der Waals surface area contributed by atoms with Gasteiger partial charge in [-0.1, -0.05) is 0 Å². The number of carbonyl (C=O) groups is 1. The molecule has 1 amide bonds. The molecule has 1 aliphatic heterocycles. The first-order valence-corrected chi connectivity index (χ1v) is 8.60. The van der Waals surface area contributed by atoms with Gasteiger partial charge in [0.2, 0.25) is 5.91 Å². The van der Waals surface area contributed by atoms with Crippen molar-refractivity contribution >= 4 is 11.7 Å². The molecule has 2 atom stereocenters. The molecule has 1 aliphatic carbocycles. The number of aromatic nitrogens is 2. The minimum atomic E-state index is -0.724. The maximum atomic E-state index is 12.1. The number of hydrogen-bond donors (Lipinski definition) is 2. The van der Waals surface area contributed by atoms with Crippen molar-refractivity contribution in [3.05, 3.63) is 18.3 Å². The largest absolute Gasteiger partial charge is 0.351 e. The van der Waals surface area contributed by atoms with Crippen LogP contribution >= 0.6 is 0 Å². The van der Waals surface area contributed by atoms with Crippen molar-refractivity contribution < 1.29 is 4.79 Å². The molecule has 0 spiro atoms. The standard InChI is InChI=1S/C17H24N6O/c1-17(12-18,13-6-7-13)21-16(24)11-19-10-14-4-3-9-23(14)15-5-2-8-20-22-15/h2,5,8,13-14,19H,3-4,6-7,9-11H2,1H3,(H,21,24)/t14-,17+/m1/s1. The van der Waals surface area contributed by atoms with Crippen LogP contribution in [-0.4, -0.2) is 47.3 Å². The number of hydrogen-bond acceptors (Lipinski definition) is 6. The summed E-state index contributed by atoms with van der Waals surface area (Å²) >= 11 is 0. The zero-order chi connectivity index (χ0) is 17.0. The SMILES string of the molecule is C[C@@](C#N)(NC(=O)CNC[C@H]1CCCN1c1cccnn1)C1CC1. The van der Waals surface area contributed by atoms with Crippen LogP contribution in [-0.2, 0) is 4.79 Å². The molecule has 0 unspecified atom stereocenters. The molecule has 2 aliphatic rings. The molecule has 1 saturated carbocycles. The number of rotatable bonds is 7. The molecule has 128 valence electrons. The molecule has 24 heavy (non-hydrogen) atoms. The Labute approximate surface area is 142 Å². The van der Waals surface area contributed by atoms with Crippen LogP contribution in [0.4, 0.5) is 5.82 Å². The van der Waals surface area contributed by atoms with Crippen molar-refractivity contribution in [2.24, 2.45) is 5.92 Å². The topological polar surface area (TPSA) is 93.9 Å². The second-order valence-corrected chi connectivity index (χ2v) is 6.84. The quantitative estimate of drug-likeness (QED) is 0.770. The Balaban J connectivity index is 1.46. The average Bonchev–Trinajstić information content (AvgIpc) is 3.36. The van der Waals surface area contributed by atoms with Crippen LogP contribution in [0.15, 0.2) is 18.3 Å². The molecule has 1 saturated heterocycles. The Bertz CT molecular complexity index is 611. The molecule has 1 aromatic heterocycles. The highest BCUT2D eigenvalue weighted by Gasteiger charge is 2.42. The number of amides is 1. The van der Waals surface area contributed by atoms with Gasteiger partial charge in [-0.2, -0.15) is 10.4 Å². The Hall–Kier alpha value is -2.20. The van der Waals surface area contributed by atoms with Gasteiger partial charge in [-0.25, -0.2) is 0 Å². The zero-order valence-electron chi connectivity index (χ0n) is 14.0. The lowest BCUT2D eigenvalue weighted by Crippen LogP contribution is -2.50. The fourth-order valence-electron chi connectivity index (χ4n) is 3.36. The summed E-state index contributed by atoms with van der Waals surface area (Å²) in [6.45, 7) is 3.73. The van der Waals surface area contributed by atoms with Crippen molar-refractivity contribution in [1.82, 2.24) is 20.8 Å². The molecule has 2 fully saturated rings. The van der Waals surface area contributed by atoms with Gasteiger partial charge >= 0.3 is 0 Å². The lowest BCUT2D eigenvalue weighted by Gasteiger charge is -2.26. The number of nitrogens with zero attached hydrogens (tertiary/aromatic N) is 4. The first-order valence-electron chi connectivity index (χ1n) is 8.60. The van der Waals surface area contributed by atoms with Gasteiger partial charge in [0.15, 0.2) is 5.82 Å². The monoisotopic (exact) mass is 328 g/mol. The first-order chi connectivity index (χ1) is 11.6. The maximum Gasteiger partial charge on any atom is 0.235 e. The maximum absolute atomic E-state index is 12.1. The minimum Gasteiger partial charge on any atom is -0.351 e. The van der Waals surface area contributed by atoms with Gasteiger partial charge in [0, 0.05) is 25.3 Å². The summed E-state index contributed by atoms with van der Waals surface area (Å²) < 4.78 is 0. The highest BCUT2D eigenvalue weighted by atomic mass is 16.2. The Morgan fingerprint density at radius 3 is 3.00 bits per heavy atom. The Morgan fingerprint density at radius 2 is 2.33 bits per heavy atom. The summed E-state index contributed by atoms with van der Waals surface area (Å²) in [7, 11) is 0. The summed E-state index contributed by atoms with van der Waals surface area (Å²) in [4.78, 5) is 14.4. The van der Waals surface area contributed by atoms with Gasteiger partial charge in [0.1, 0.15) is 5.54 Å². The van der Waals surface area contributed by atoms with Gasteiger partial charge < -0.3 is 15.5 Å². The van der Waals surface area contributed by atoms with E-state index < -0.39 is 5.54 Å². The summed E-state index contributed by atoms with van der Waals surface area (Å²) in [5.74, 6) is 1.07. The number of anilines is 1. The molecule has 3 rings (SSSR count). The van der Waals surface area contributed by atoms with Crippen LogP contribution in [0.2, 0.25) is 0 Å². The van der Waals surface area contributed by atoms with E-state index in [9.17, 15) is 10.1 Å². The number of carbonyl (C=O) groups excluding carboxylic acids is 1. The van der Waals surface area contributed by atoms with Gasteiger partial charge in [0.25, 0.3) is 0 Å². The normalized spacial score (nSPS) is 22.7. The van der Waals surface area contributed by atoms with Gasteiger partial charge in [-0.05, 0) is 50.7 Å². The van der Waals surface area contributed by atoms with Crippen molar-refractivity contribution in [1.29, 1.82) is 5.26 Å². The van der Waals surface area contributed by atoms with E-state index in [1.165, 1.54) is 0 Å². The number of nitrogens with one attached hydrogen (secondary N) is 2. The summed E-state index contributed by atoms with van der Waals surface area (Å²) in [5.41, 5.74) is -0.724. The third-order valence-electron chi connectivity index (χ3n) is 4.92. The molecular formula is C17H24N6O. The fourth-order valence-corrected chi connectivity index (χ4v) is 3.36. The average molecular weight is 328 g/mol. The second kappa shape index (κ2) is 7.14. The minimum absolute atomic E-state index is 0.116. The highest BCUT2D eigenvalue weighted by molar-refractivity contribution is 5.79. The molecule has 0 aromatic carbocycles. The van der Waals surface area contributed by atoms with E-state index in [1.807, 2.05) is 19.1 Å². The summed E-state index contributed by atoms with van der Waals surface area (Å²) in [6, 6.07) is 6.42. The van der Waals surface area contributed by atoms with Crippen LogP contribution in [0.5, 0.6) is 0 Å². The summed E-state index contributed by atoms with van der Waals surface area (Å²) in [6.07, 6.45) is 5.90. The lowest BCUT2D eigenvalue weighted by molar-refractivity contribution is -0.121. The third kappa shape index (κ3) is 3.82. The fraction of sp³-hybridized carbons (Fsp3) is 0.647. The van der Waals surface area contributed by atoms with Gasteiger partial charge in [-0.15, -0.1) is 5.10 Å². The van der Waals surface area contributed by atoms with Crippen LogP contribution < -0.4 is 15.5 Å². The Kier molecular flexibility index (Phi) is 4.95. The molecule has 2 N–H and O–H groups in total. The smallest absolute Gasteiger partial charge is 0.235 e. The second-order valence-electron chi connectivity index (χ2n) is 6.84. The van der Waals surface area contributed by atoms with E-state index in [-0.39, 0.29) is 12.5 Å². The van der Waals surface area contributed by atoms with E-state index in [2.05, 4.69) is 31.8 Å². The predicted molar refractivity (Wildman–Crippen MR) is 90.2 cm³/mol. The van der Waals surface area contributed by atoms with Crippen LogP contribution in [0.3, 0.4) is 0 Å². The molecular weight excluding hydrogens is 304 g/mol. The Morgan fingerprint density at radius 1 is 1.50 bits per heavy atom. The van der Waals surface area contributed by atoms with Crippen LogP contribution in [0.25, 0.3) is 0 Å². The van der Waals surface area contributed by atoms with E-state index in [0.717, 1.165) is 44.6 Å². The molecule has 7 heteroatoms. The van der Waals surface area contributed by atoms with E-state index in [1.54, 1.807) is 6.20 Å². The third-order valence-corrected chi connectivity index (χ3v) is 4.92. The highest BCUT2D eigenvalue weighted by Crippen LogP contribution is 2.39. The molecule has 2 heterocycles. The molecule has 1 aromatic rings. The van der Waals surface area contributed by atoms with E-state index in [4.69, 9.17) is 0 Å². The van der Waals surface area contributed by atoms with Crippen LogP contribution in [0, 0.1) is 17.2 Å². The van der Waals surface area contributed by atoms with E-state index >= 15 is 0 Å². The van der Waals surface area contributed by atoms with Crippen molar-refractivity contribution in [2.75, 3.05) is 24.5 Å². The summed E-state index contributed by atoms with van der Waals surface area (Å²) in [5, 5.41) is 23.5. The molecule has 0 radical (unpaired) electrons. The number of nitriles is 1. The first kappa shape index (κ1) is 16.7. The zero-order valence-corrected chi connectivity index (χ0v) is 14.0. The molecule has 7 nitrogen and oxygen atoms in total. The molecule has 0 bridgehead atoms. The van der Waals surface area contributed by atoms with Crippen LogP contribution in [0.1, 0.15) is 32.6 Å².